The van der Waals surface area contributed by atoms with Gasteiger partial charge in [-0.1, -0.05) is 60.7 Å². The van der Waals surface area contributed by atoms with E-state index in [0.717, 1.165) is 18.2 Å². The number of ether oxygens (including phenoxy) is 4. The predicted octanol–water partition coefficient (Wildman–Crippen LogP) is 9.83. The molecule has 8 heteroatoms. The van der Waals surface area contributed by atoms with Gasteiger partial charge in [-0.2, -0.15) is 17.6 Å². The predicted molar refractivity (Wildman–Crippen MR) is 142 cm³/mol. The first-order valence-corrected chi connectivity index (χ1v) is 12.2. The lowest BCUT2D eigenvalue weighted by molar-refractivity contribution is -0.316. The van der Waals surface area contributed by atoms with Gasteiger partial charge in [0.1, 0.15) is 40.2 Å². The van der Waals surface area contributed by atoms with Crippen LogP contribution in [-0.2, 0) is 5.92 Å². The Balaban J connectivity index is 1.36. The van der Waals surface area contributed by atoms with E-state index >= 15 is 17.6 Å². The molecule has 0 fully saturated rings. The van der Waals surface area contributed by atoms with Gasteiger partial charge in [-0.25, -0.2) is 0 Å². The molecule has 0 amide bonds. The highest BCUT2D eigenvalue weighted by Gasteiger charge is 2.62. The fourth-order valence-electron chi connectivity index (χ4n) is 3.76. The van der Waals surface area contributed by atoms with Gasteiger partial charge in [0.2, 0.25) is 0 Å². The molecular formula is C32H22F4O4. The van der Waals surface area contributed by atoms with Crippen LogP contribution in [0.15, 0.2) is 133 Å². The van der Waals surface area contributed by atoms with E-state index < -0.39 is 29.1 Å². The van der Waals surface area contributed by atoms with Crippen LogP contribution in [0.1, 0.15) is 5.56 Å². The SMILES string of the molecule is FC(F)(Oc1cccc(Oc2ccccc2)c1)C(F)(F)c1ccccc1Oc1cccc(Oc2ccccc2)c1. The number of hydrogen-bond donors (Lipinski definition) is 0. The molecule has 5 rings (SSSR count). The first-order valence-electron chi connectivity index (χ1n) is 12.2. The Morgan fingerprint density at radius 2 is 0.825 bits per heavy atom. The average molecular weight is 547 g/mol. The first-order chi connectivity index (χ1) is 19.3. The fraction of sp³-hybridized carbons (Fsp3) is 0.0625. The number of alkyl halides is 4. The molecule has 0 bridgehead atoms. The number of hydrogen-bond acceptors (Lipinski definition) is 4. The topological polar surface area (TPSA) is 36.9 Å². The molecule has 0 aliphatic carbocycles. The van der Waals surface area contributed by atoms with Gasteiger partial charge < -0.3 is 18.9 Å². The second kappa shape index (κ2) is 11.4. The van der Waals surface area contributed by atoms with Crippen molar-refractivity contribution in [3.8, 4) is 40.2 Å². The molecule has 0 aliphatic heterocycles. The van der Waals surface area contributed by atoms with E-state index in [1.165, 1.54) is 42.5 Å². The summed E-state index contributed by atoms with van der Waals surface area (Å²) in [7, 11) is 0. The Hall–Kier alpha value is -4.98. The largest absolute Gasteiger partial charge is 0.469 e. The van der Waals surface area contributed by atoms with Crippen molar-refractivity contribution in [2.75, 3.05) is 0 Å². The summed E-state index contributed by atoms with van der Waals surface area (Å²) in [5.41, 5.74) is -1.05. The third-order valence-corrected chi connectivity index (χ3v) is 5.63. The van der Waals surface area contributed by atoms with E-state index in [9.17, 15) is 0 Å². The minimum atomic E-state index is -4.93. The van der Waals surface area contributed by atoms with Crippen molar-refractivity contribution in [3.05, 3.63) is 139 Å². The smallest absolute Gasteiger partial charge is 0.457 e. The maximum absolute atomic E-state index is 15.4. The van der Waals surface area contributed by atoms with E-state index in [0.29, 0.717) is 17.2 Å². The standard InChI is InChI=1S/C32H22F4O4/c33-31(34,32(35,36)40-28-18-10-16-26(22-28)38-24-13-5-2-6-14-24)29-19-7-8-20-30(29)39-27-17-9-15-25(21-27)37-23-11-3-1-4-12-23/h1-22H. The summed E-state index contributed by atoms with van der Waals surface area (Å²) < 4.78 is 82.4. The summed E-state index contributed by atoms with van der Waals surface area (Å²) in [6.45, 7) is 0. The van der Waals surface area contributed by atoms with Gasteiger partial charge in [-0.15, -0.1) is 0 Å². The van der Waals surface area contributed by atoms with Crippen LogP contribution >= 0.6 is 0 Å². The summed E-state index contributed by atoms with van der Waals surface area (Å²) >= 11 is 0. The summed E-state index contributed by atoms with van der Waals surface area (Å²) in [6, 6.07) is 33.5. The maximum atomic E-state index is 15.4. The van der Waals surface area contributed by atoms with Gasteiger partial charge in [-0.3, -0.25) is 0 Å². The lowest BCUT2D eigenvalue weighted by Gasteiger charge is -2.28. The number of para-hydroxylation sites is 3. The molecule has 0 N–H and O–H groups in total. The van der Waals surface area contributed by atoms with Crippen molar-refractivity contribution < 1.29 is 36.5 Å². The van der Waals surface area contributed by atoms with Crippen LogP contribution < -0.4 is 18.9 Å². The highest BCUT2D eigenvalue weighted by atomic mass is 19.3. The zero-order valence-electron chi connectivity index (χ0n) is 20.8. The van der Waals surface area contributed by atoms with E-state index in [2.05, 4.69) is 4.74 Å². The molecule has 0 atom stereocenters. The van der Waals surface area contributed by atoms with Crippen LogP contribution in [0, 0.1) is 0 Å². The van der Waals surface area contributed by atoms with Crippen LogP contribution in [-0.4, -0.2) is 6.11 Å². The van der Waals surface area contributed by atoms with Gasteiger partial charge in [0.05, 0.1) is 5.56 Å². The Morgan fingerprint density at radius 3 is 1.40 bits per heavy atom. The van der Waals surface area contributed by atoms with E-state index in [1.54, 1.807) is 66.7 Å². The lowest BCUT2D eigenvalue weighted by Crippen LogP contribution is -2.43. The molecule has 0 heterocycles. The molecular weight excluding hydrogens is 524 g/mol. The molecule has 0 unspecified atom stereocenters. The molecule has 0 saturated heterocycles. The zero-order valence-corrected chi connectivity index (χ0v) is 20.8. The van der Waals surface area contributed by atoms with Crippen molar-refractivity contribution in [2.24, 2.45) is 0 Å². The molecule has 0 radical (unpaired) electrons. The Bertz CT molecular complexity index is 1560. The third-order valence-electron chi connectivity index (χ3n) is 5.63. The van der Waals surface area contributed by atoms with Crippen LogP contribution in [0.2, 0.25) is 0 Å². The number of rotatable bonds is 10. The van der Waals surface area contributed by atoms with Crippen molar-refractivity contribution >= 4 is 0 Å². The maximum Gasteiger partial charge on any atom is 0.469 e. The Labute approximate surface area is 228 Å². The molecule has 0 spiro atoms. The van der Waals surface area contributed by atoms with E-state index in [-0.39, 0.29) is 11.5 Å². The molecule has 5 aromatic rings. The monoisotopic (exact) mass is 546 g/mol. The number of benzene rings is 5. The molecule has 5 aromatic carbocycles. The Morgan fingerprint density at radius 1 is 0.400 bits per heavy atom. The molecule has 40 heavy (non-hydrogen) atoms. The summed E-state index contributed by atoms with van der Waals surface area (Å²) in [5, 5.41) is 0. The van der Waals surface area contributed by atoms with E-state index in [4.69, 9.17) is 14.2 Å². The highest BCUT2D eigenvalue weighted by Crippen LogP contribution is 2.48. The van der Waals surface area contributed by atoms with Crippen LogP contribution in [0.5, 0.6) is 40.2 Å². The number of halogens is 4. The van der Waals surface area contributed by atoms with Crippen molar-refractivity contribution in [3.63, 3.8) is 0 Å². The Kier molecular flexibility index (Phi) is 7.59. The minimum absolute atomic E-state index is 0.117. The van der Waals surface area contributed by atoms with Crippen LogP contribution in [0.25, 0.3) is 0 Å². The second-order valence-corrected chi connectivity index (χ2v) is 8.57. The van der Waals surface area contributed by atoms with Gasteiger partial charge in [0.15, 0.2) is 0 Å². The third kappa shape index (κ3) is 6.18. The van der Waals surface area contributed by atoms with E-state index in [1.807, 2.05) is 6.07 Å². The van der Waals surface area contributed by atoms with Gasteiger partial charge in [0, 0.05) is 12.1 Å². The minimum Gasteiger partial charge on any atom is -0.457 e. The average Bonchev–Trinajstić information content (AvgIpc) is 2.94. The van der Waals surface area contributed by atoms with Crippen molar-refractivity contribution in [1.82, 2.24) is 0 Å². The lowest BCUT2D eigenvalue weighted by atomic mass is 10.1. The van der Waals surface area contributed by atoms with Gasteiger partial charge in [-0.05, 0) is 60.7 Å². The molecule has 4 nitrogen and oxygen atoms in total. The van der Waals surface area contributed by atoms with Crippen LogP contribution in [0.4, 0.5) is 17.6 Å². The van der Waals surface area contributed by atoms with Crippen molar-refractivity contribution in [2.45, 2.75) is 12.0 Å². The fourth-order valence-corrected chi connectivity index (χ4v) is 3.76. The quantitative estimate of drug-likeness (QED) is 0.163. The van der Waals surface area contributed by atoms with Crippen molar-refractivity contribution in [1.29, 1.82) is 0 Å². The zero-order chi connectivity index (χ0) is 28.0. The molecule has 202 valence electrons. The normalized spacial score (nSPS) is 11.5. The summed E-state index contributed by atoms with van der Waals surface area (Å²) in [4.78, 5) is 0. The van der Waals surface area contributed by atoms with Crippen LogP contribution in [0.3, 0.4) is 0 Å². The first kappa shape index (κ1) is 26.6. The molecule has 0 saturated carbocycles. The summed E-state index contributed by atoms with van der Waals surface area (Å²) in [5.74, 6) is -4.09. The van der Waals surface area contributed by atoms with Gasteiger partial charge in [0.25, 0.3) is 0 Å². The highest BCUT2D eigenvalue weighted by molar-refractivity contribution is 5.44. The summed E-state index contributed by atoms with van der Waals surface area (Å²) in [6.07, 6.45) is -4.93. The second-order valence-electron chi connectivity index (χ2n) is 8.57. The molecule has 0 aromatic heterocycles. The molecule has 0 aliphatic rings. The van der Waals surface area contributed by atoms with Gasteiger partial charge >= 0.3 is 12.0 Å².